The number of hydrogen-bond acceptors (Lipinski definition) is 5. The van der Waals surface area contributed by atoms with E-state index in [1.165, 1.54) is 0 Å². The number of halogens is 1. The van der Waals surface area contributed by atoms with E-state index in [-0.39, 0.29) is 0 Å². The monoisotopic (exact) mass is 318 g/mol. The van der Waals surface area contributed by atoms with E-state index >= 15 is 0 Å². The fourth-order valence-electron chi connectivity index (χ4n) is 2.54. The van der Waals surface area contributed by atoms with Gasteiger partial charge >= 0.3 is 0 Å². The van der Waals surface area contributed by atoms with Crippen LogP contribution < -0.4 is 0 Å². The van der Waals surface area contributed by atoms with Gasteiger partial charge in [0.2, 0.25) is 11.7 Å². The Kier molecular flexibility index (Phi) is 4.87. The molecule has 1 aromatic carbocycles. The Balaban J connectivity index is 1.58. The maximum atomic E-state index is 5.89. The molecule has 1 saturated heterocycles. The summed E-state index contributed by atoms with van der Waals surface area (Å²) < 4.78 is 5.36. The highest BCUT2D eigenvalue weighted by molar-refractivity contribution is 6.30. The summed E-state index contributed by atoms with van der Waals surface area (Å²) in [5.74, 6) is 1.26. The van der Waals surface area contributed by atoms with Crippen molar-refractivity contribution >= 4 is 11.6 Å². The lowest BCUT2D eigenvalue weighted by molar-refractivity contribution is 0.125. The summed E-state index contributed by atoms with van der Waals surface area (Å²) in [6, 6.07) is 7.44. The normalized spacial score (nSPS) is 16.8. The van der Waals surface area contributed by atoms with Crippen molar-refractivity contribution in [3.8, 4) is 11.4 Å². The first kappa shape index (κ1) is 15.2. The van der Waals surface area contributed by atoms with E-state index in [2.05, 4.69) is 26.5 Å². The van der Waals surface area contributed by atoms with Crippen molar-refractivity contribution in [3.05, 3.63) is 47.8 Å². The summed E-state index contributed by atoms with van der Waals surface area (Å²) >= 11 is 5.89. The van der Waals surface area contributed by atoms with Gasteiger partial charge in [0.05, 0.1) is 6.54 Å². The quantitative estimate of drug-likeness (QED) is 0.793. The Bertz CT molecular complexity index is 617. The van der Waals surface area contributed by atoms with Crippen molar-refractivity contribution in [1.29, 1.82) is 0 Å². The van der Waals surface area contributed by atoms with Crippen LogP contribution in [0.1, 0.15) is 5.89 Å². The first-order valence-electron chi connectivity index (χ1n) is 7.39. The molecule has 0 radical (unpaired) electrons. The molecule has 6 heteroatoms. The summed E-state index contributed by atoms with van der Waals surface area (Å²) in [4.78, 5) is 9.18. The van der Waals surface area contributed by atoms with E-state index in [1.807, 2.05) is 30.3 Å². The number of nitrogens with zero attached hydrogens (tertiary/aromatic N) is 4. The summed E-state index contributed by atoms with van der Waals surface area (Å²) in [6.45, 7) is 9.54. The number of rotatable bonds is 5. The van der Waals surface area contributed by atoms with E-state index in [1.54, 1.807) is 0 Å². The molecule has 2 heterocycles. The Morgan fingerprint density at radius 1 is 1.14 bits per heavy atom. The highest BCUT2D eigenvalue weighted by atomic mass is 35.5. The van der Waals surface area contributed by atoms with E-state index in [0.29, 0.717) is 23.3 Å². The van der Waals surface area contributed by atoms with Crippen molar-refractivity contribution in [2.24, 2.45) is 0 Å². The van der Waals surface area contributed by atoms with Crippen molar-refractivity contribution in [2.45, 2.75) is 6.54 Å². The molecule has 3 rings (SSSR count). The van der Waals surface area contributed by atoms with Crippen LogP contribution >= 0.6 is 11.6 Å². The molecule has 5 nitrogen and oxygen atoms in total. The van der Waals surface area contributed by atoms with Crippen LogP contribution in [-0.4, -0.2) is 52.7 Å². The predicted octanol–water partition coefficient (Wildman–Crippen LogP) is 2.69. The largest absolute Gasteiger partial charge is 0.338 e. The lowest BCUT2D eigenvalue weighted by atomic mass is 10.2. The zero-order valence-corrected chi connectivity index (χ0v) is 13.2. The molecule has 1 aliphatic heterocycles. The average molecular weight is 319 g/mol. The van der Waals surface area contributed by atoms with Crippen LogP contribution in [0.4, 0.5) is 0 Å². The third kappa shape index (κ3) is 3.74. The van der Waals surface area contributed by atoms with Gasteiger partial charge < -0.3 is 4.52 Å². The topological polar surface area (TPSA) is 45.4 Å². The molecule has 0 atom stereocenters. The van der Waals surface area contributed by atoms with Crippen LogP contribution in [0, 0.1) is 0 Å². The summed E-state index contributed by atoms with van der Waals surface area (Å²) in [5, 5.41) is 4.75. The molecule has 0 aliphatic carbocycles. The second-order valence-corrected chi connectivity index (χ2v) is 5.82. The van der Waals surface area contributed by atoms with Crippen molar-refractivity contribution in [3.63, 3.8) is 0 Å². The summed E-state index contributed by atoms with van der Waals surface area (Å²) in [5.41, 5.74) is 0.912. The molecule has 116 valence electrons. The predicted molar refractivity (Wildman–Crippen MR) is 86.7 cm³/mol. The second-order valence-electron chi connectivity index (χ2n) is 5.38. The zero-order valence-electron chi connectivity index (χ0n) is 12.4. The van der Waals surface area contributed by atoms with Crippen molar-refractivity contribution in [2.75, 3.05) is 32.7 Å². The molecule has 2 aromatic rings. The number of aromatic nitrogens is 2. The van der Waals surface area contributed by atoms with E-state index in [0.717, 1.165) is 38.3 Å². The van der Waals surface area contributed by atoms with Crippen molar-refractivity contribution in [1.82, 2.24) is 19.9 Å². The standard InChI is InChI=1S/C16H19ClN4O/c1-2-7-20-8-10-21(11-9-20)12-15-18-16(19-22-15)13-3-5-14(17)6-4-13/h2-6H,1,7-12H2. The van der Waals surface area contributed by atoms with Gasteiger partial charge in [0.15, 0.2) is 0 Å². The number of hydrogen-bond donors (Lipinski definition) is 0. The van der Waals surface area contributed by atoms with Gasteiger partial charge in [-0.15, -0.1) is 6.58 Å². The minimum Gasteiger partial charge on any atom is -0.338 e. The Morgan fingerprint density at radius 3 is 2.50 bits per heavy atom. The van der Waals surface area contributed by atoms with Crippen LogP contribution in [0.3, 0.4) is 0 Å². The molecule has 0 N–H and O–H groups in total. The lowest BCUT2D eigenvalue weighted by Gasteiger charge is -2.33. The van der Waals surface area contributed by atoms with Crippen molar-refractivity contribution < 1.29 is 4.52 Å². The maximum Gasteiger partial charge on any atom is 0.241 e. The SMILES string of the molecule is C=CCN1CCN(Cc2nc(-c3ccc(Cl)cc3)no2)CC1. The van der Waals surface area contributed by atoms with Gasteiger partial charge in [0.25, 0.3) is 0 Å². The van der Waals surface area contributed by atoms with Gasteiger partial charge in [-0.2, -0.15) is 4.98 Å². The molecule has 1 aromatic heterocycles. The molecular formula is C16H19ClN4O. The van der Waals surface area contributed by atoms with Gasteiger partial charge in [0.1, 0.15) is 0 Å². The molecule has 0 amide bonds. The number of benzene rings is 1. The molecule has 0 spiro atoms. The smallest absolute Gasteiger partial charge is 0.241 e. The van der Waals surface area contributed by atoms with E-state index in [9.17, 15) is 0 Å². The van der Waals surface area contributed by atoms with Gasteiger partial charge in [0, 0.05) is 43.3 Å². The summed E-state index contributed by atoms with van der Waals surface area (Å²) in [6.07, 6.45) is 1.95. The average Bonchev–Trinajstić information content (AvgIpc) is 2.99. The minimum absolute atomic E-state index is 0.608. The molecule has 0 unspecified atom stereocenters. The van der Waals surface area contributed by atoms with E-state index < -0.39 is 0 Å². The van der Waals surface area contributed by atoms with E-state index in [4.69, 9.17) is 16.1 Å². The third-order valence-corrected chi connectivity index (χ3v) is 4.03. The molecule has 0 saturated carbocycles. The van der Waals surface area contributed by atoms with Gasteiger partial charge in [-0.1, -0.05) is 22.8 Å². The van der Waals surface area contributed by atoms with Gasteiger partial charge in [-0.25, -0.2) is 0 Å². The Hall–Kier alpha value is -1.69. The Morgan fingerprint density at radius 2 is 1.82 bits per heavy atom. The fourth-order valence-corrected chi connectivity index (χ4v) is 2.67. The maximum absolute atomic E-state index is 5.89. The van der Waals surface area contributed by atoms with Crippen LogP contribution in [0.5, 0.6) is 0 Å². The van der Waals surface area contributed by atoms with Crippen LogP contribution in [-0.2, 0) is 6.54 Å². The zero-order chi connectivity index (χ0) is 15.4. The first-order chi connectivity index (χ1) is 10.7. The fraction of sp³-hybridized carbons (Fsp3) is 0.375. The van der Waals surface area contributed by atoms with Gasteiger partial charge in [-0.3, -0.25) is 9.80 Å². The molecule has 1 aliphatic rings. The van der Waals surface area contributed by atoms with Crippen LogP contribution in [0.25, 0.3) is 11.4 Å². The minimum atomic E-state index is 0.608. The van der Waals surface area contributed by atoms with Crippen LogP contribution in [0.2, 0.25) is 5.02 Å². The molecule has 1 fully saturated rings. The third-order valence-electron chi connectivity index (χ3n) is 3.78. The Labute approximate surface area is 135 Å². The van der Waals surface area contributed by atoms with Gasteiger partial charge in [-0.05, 0) is 24.3 Å². The lowest BCUT2D eigenvalue weighted by Crippen LogP contribution is -2.45. The first-order valence-corrected chi connectivity index (χ1v) is 7.76. The molecule has 0 bridgehead atoms. The number of piperazine rings is 1. The molecule has 22 heavy (non-hydrogen) atoms. The second kappa shape index (κ2) is 7.05. The summed E-state index contributed by atoms with van der Waals surface area (Å²) in [7, 11) is 0. The molecular weight excluding hydrogens is 300 g/mol. The highest BCUT2D eigenvalue weighted by Gasteiger charge is 2.18. The highest BCUT2D eigenvalue weighted by Crippen LogP contribution is 2.19. The van der Waals surface area contributed by atoms with Crippen LogP contribution in [0.15, 0.2) is 41.4 Å².